The molecule has 0 atom stereocenters. The van der Waals surface area contributed by atoms with Gasteiger partial charge in [0.05, 0.1) is 0 Å². The van der Waals surface area contributed by atoms with Gasteiger partial charge in [-0.2, -0.15) is 0 Å². The van der Waals surface area contributed by atoms with Gasteiger partial charge in [0.1, 0.15) is 5.60 Å². The van der Waals surface area contributed by atoms with Crippen LogP contribution in [0.25, 0.3) is 0 Å². The molecule has 6 heteroatoms. The van der Waals surface area contributed by atoms with Crippen LogP contribution in [0, 0.1) is 0 Å². The fourth-order valence-electron chi connectivity index (χ4n) is 1.35. The highest BCUT2D eigenvalue weighted by atomic mass is 35.5. The molecule has 0 fully saturated rings. The van der Waals surface area contributed by atoms with E-state index < -0.39 is 11.7 Å². The van der Waals surface area contributed by atoms with E-state index in [0.29, 0.717) is 10.7 Å². The van der Waals surface area contributed by atoms with Gasteiger partial charge in [-0.25, -0.2) is 4.79 Å². The van der Waals surface area contributed by atoms with Gasteiger partial charge in [-0.05, 0) is 45.0 Å². The third-order valence-corrected chi connectivity index (χ3v) is 2.40. The molecule has 0 aliphatic rings. The van der Waals surface area contributed by atoms with Gasteiger partial charge in [0.15, 0.2) is 0 Å². The second-order valence-electron chi connectivity index (χ2n) is 5.23. The number of anilines is 1. The first kappa shape index (κ1) is 16.3. The third kappa shape index (κ3) is 6.99. The summed E-state index contributed by atoms with van der Waals surface area (Å²) >= 11 is 5.75. The Morgan fingerprint density at radius 1 is 1.20 bits per heavy atom. The Morgan fingerprint density at radius 2 is 1.80 bits per heavy atom. The van der Waals surface area contributed by atoms with Crippen LogP contribution in [-0.2, 0) is 9.53 Å². The standard InChI is InChI=1S/C14H19ClN2O3/c1-14(2,3)20-13(19)16-9-8-12(18)17-11-6-4-10(15)5-7-11/h4-7H,8-9H2,1-3H3,(H,16,19)(H,17,18). The number of carbonyl (C=O) groups excluding carboxylic acids is 2. The molecule has 0 aliphatic carbocycles. The van der Waals surface area contributed by atoms with Crippen molar-refractivity contribution in [1.82, 2.24) is 5.32 Å². The summed E-state index contributed by atoms with van der Waals surface area (Å²) in [4.78, 5) is 23.0. The molecule has 1 aromatic rings. The predicted octanol–water partition coefficient (Wildman–Crippen LogP) is 3.19. The third-order valence-electron chi connectivity index (χ3n) is 2.15. The first-order valence-corrected chi connectivity index (χ1v) is 6.66. The van der Waals surface area contributed by atoms with Crippen LogP contribution < -0.4 is 10.6 Å². The van der Waals surface area contributed by atoms with E-state index in [2.05, 4.69) is 10.6 Å². The van der Waals surface area contributed by atoms with Crippen molar-refractivity contribution >= 4 is 29.3 Å². The fourth-order valence-corrected chi connectivity index (χ4v) is 1.47. The number of halogens is 1. The smallest absolute Gasteiger partial charge is 0.407 e. The zero-order valence-electron chi connectivity index (χ0n) is 11.8. The van der Waals surface area contributed by atoms with Crippen molar-refractivity contribution in [1.29, 1.82) is 0 Å². The molecule has 0 heterocycles. The van der Waals surface area contributed by atoms with E-state index >= 15 is 0 Å². The molecule has 0 aromatic heterocycles. The van der Waals surface area contributed by atoms with Gasteiger partial charge < -0.3 is 15.4 Å². The lowest BCUT2D eigenvalue weighted by Crippen LogP contribution is -2.34. The normalized spacial score (nSPS) is 10.8. The Bertz CT molecular complexity index is 466. The molecule has 2 N–H and O–H groups in total. The molecule has 5 nitrogen and oxygen atoms in total. The lowest BCUT2D eigenvalue weighted by Gasteiger charge is -2.19. The molecule has 0 aliphatic heterocycles. The highest BCUT2D eigenvalue weighted by molar-refractivity contribution is 6.30. The van der Waals surface area contributed by atoms with Crippen molar-refractivity contribution in [3.63, 3.8) is 0 Å². The number of carbonyl (C=O) groups is 2. The molecule has 110 valence electrons. The number of hydrogen-bond donors (Lipinski definition) is 2. The summed E-state index contributed by atoms with van der Waals surface area (Å²) in [5, 5.41) is 5.83. The molecular weight excluding hydrogens is 280 g/mol. The van der Waals surface area contributed by atoms with Crippen molar-refractivity contribution in [2.75, 3.05) is 11.9 Å². The summed E-state index contributed by atoms with van der Waals surface area (Å²) < 4.78 is 5.05. The second-order valence-corrected chi connectivity index (χ2v) is 5.67. The number of ether oxygens (including phenoxy) is 1. The monoisotopic (exact) mass is 298 g/mol. The molecule has 0 saturated carbocycles. The van der Waals surface area contributed by atoms with Gasteiger partial charge in [-0.3, -0.25) is 4.79 Å². The SMILES string of the molecule is CC(C)(C)OC(=O)NCCC(=O)Nc1ccc(Cl)cc1. The Hall–Kier alpha value is -1.75. The van der Waals surface area contributed by atoms with E-state index in [9.17, 15) is 9.59 Å². The fraction of sp³-hybridized carbons (Fsp3) is 0.429. The summed E-state index contributed by atoms with van der Waals surface area (Å²) in [6.07, 6.45) is -0.362. The molecule has 2 amide bonds. The van der Waals surface area contributed by atoms with Gasteiger partial charge in [-0.1, -0.05) is 11.6 Å². The Morgan fingerprint density at radius 3 is 2.35 bits per heavy atom. The Labute approximate surface area is 123 Å². The van der Waals surface area contributed by atoms with Crippen molar-refractivity contribution in [2.24, 2.45) is 0 Å². The first-order valence-electron chi connectivity index (χ1n) is 6.28. The molecule has 0 radical (unpaired) electrons. The first-order chi connectivity index (χ1) is 9.26. The largest absolute Gasteiger partial charge is 0.444 e. The maximum Gasteiger partial charge on any atom is 0.407 e. The molecule has 20 heavy (non-hydrogen) atoms. The molecular formula is C14H19ClN2O3. The topological polar surface area (TPSA) is 67.4 Å². The minimum absolute atomic E-state index is 0.169. The van der Waals surface area contributed by atoms with Crippen molar-refractivity contribution in [2.45, 2.75) is 32.8 Å². The molecule has 0 spiro atoms. The molecule has 1 rings (SSSR count). The second kappa shape index (κ2) is 7.14. The van der Waals surface area contributed by atoms with Crippen LogP contribution in [-0.4, -0.2) is 24.1 Å². The number of rotatable bonds is 4. The van der Waals surface area contributed by atoms with E-state index in [1.165, 1.54) is 0 Å². The number of benzene rings is 1. The number of amides is 2. The average molecular weight is 299 g/mol. The maximum atomic E-state index is 11.6. The van der Waals surface area contributed by atoms with Crippen LogP contribution in [0.5, 0.6) is 0 Å². The summed E-state index contributed by atoms with van der Waals surface area (Å²) in [5.41, 5.74) is 0.118. The number of hydrogen-bond acceptors (Lipinski definition) is 3. The van der Waals surface area contributed by atoms with Gasteiger partial charge in [0.25, 0.3) is 0 Å². The van der Waals surface area contributed by atoms with Crippen molar-refractivity contribution in [3.8, 4) is 0 Å². The minimum Gasteiger partial charge on any atom is -0.444 e. The number of nitrogens with one attached hydrogen (secondary N) is 2. The van der Waals surface area contributed by atoms with Crippen LogP contribution >= 0.6 is 11.6 Å². The van der Waals surface area contributed by atoms with E-state index in [1.807, 2.05) is 0 Å². The highest BCUT2D eigenvalue weighted by Crippen LogP contribution is 2.13. The summed E-state index contributed by atoms with van der Waals surface area (Å²) in [5.74, 6) is -0.191. The quantitative estimate of drug-likeness (QED) is 0.897. The molecule has 0 saturated heterocycles. The lowest BCUT2D eigenvalue weighted by atomic mass is 10.2. The summed E-state index contributed by atoms with van der Waals surface area (Å²) in [6, 6.07) is 6.80. The Kier molecular flexibility index (Phi) is 5.82. The van der Waals surface area contributed by atoms with E-state index in [0.717, 1.165) is 0 Å². The predicted molar refractivity (Wildman–Crippen MR) is 78.9 cm³/mol. The Balaban J connectivity index is 2.27. The van der Waals surface area contributed by atoms with E-state index in [4.69, 9.17) is 16.3 Å². The number of alkyl carbamates (subject to hydrolysis) is 1. The van der Waals surface area contributed by atoms with Crippen LogP contribution in [0.3, 0.4) is 0 Å². The van der Waals surface area contributed by atoms with Crippen LogP contribution in [0.15, 0.2) is 24.3 Å². The highest BCUT2D eigenvalue weighted by Gasteiger charge is 2.15. The molecule has 0 unspecified atom stereocenters. The van der Waals surface area contributed by atoms with E-state index in [1.54, 1.807) is 45.0 Å². The van der Waals surface area contributed by atoms with Gasteiger partial charge >= 0.3 is 6.09 Å². The molecule has 1 aromatic carbocycles. The van der Waals surface area contributed by atoms with Crippen LogP contribution in [0.1, 0.15) is 27.2 Å². The van der Waals surface area contributed by atoms with Crippen LogP contribution in [0.4, 0.5) is 10.5 Å². The zero-order valence-corrected chi connectivity index (χ0v) is 12.6. The zero-order chi connectivity index (χ0) is 15.2. The van der Waals surface area contributed by atoms with Gasteiger partial charge in [-0.15, -0.1) is 0 Å². The summed E-state index contributed by atoms with van der Waals surface area (Å²) in [6.45, 7) is 5.55. The van der Waals surface area contributed by atoms with Crippen molar-refractivity contribution in [3.05, 3.63) is 29.3 Å². The lowest BCUT2D eigenvalue weighted by molar-refractivity contribution is -0.116. The van der Waals surface area contributed by atoms with Crippen molar-refractivity contribution < 1.29 is 14.3 Å². The van der Waals surface area contributed by atoms with E-state index in [-0.39, 0.29) is 18.9 Å². The van der Waals surface area contributed by atoms with Gasteiger partial charge in [0.2, 0.25) is 5.91 Å². The average Bonchev–Trinajstić information content (AvgIpc) is 2.29. The minimum atomic E-state index is -0.546. The van der Waals surface area contributed by atoms with Crippen LogP contribution in [0.2, 0.25) is 5.02 Å². The maximum absolute atomic E-state index is 11.6. The molecule has 0 bridgehead atoms. The summed E-state index contributed by atoms with van der Waals surface area (Å²) in [7, 11) is 0. The van der Waals surface area contributed by atoms with Gasteiger partial charge in [0, 0.05) is 23.7 Å².